The van der Waals surface area contributed by atoms with Crippen molar-refractivity contribution in [3.8, 4) is 0 Å². The fourth-order valence-corrected chi connectivity index (χ4v) is 3.34. The van der Waals surface area contributed by atoms with Gasteiger partial charge in [0.15, 0.2) is 5.96 Å². The number of hydrogen-bond acceptors (Lipinski definition) is 3. The third-order valence-electron chi connectivity index (χ3n) is 4.40. The molecule has 1 atom stereocenters. The van der Waals surface area contributed by atoms with E-state index in [1.807, 2.05) is 12.1 Å². The minimum atomic E-state index is 0. The summed E-state index contributed by atoms with van der Waals surface area (Å²) >= 11 is 6.22. The van der Waals surface area contributed by atoms with Crippen molar-refractivity contribution in [3.05, 3.63) is 34.9 Å². The van der Waals surface area contributed by atoms with Gasteiger partial charge >= 0.3 is 0 Å². The van der Waals surface area contributed by atoms with Crippen LogP contribution in [0.3, 0.4) is 0 Å². The molecule has 26 heavy (non-hydrogen) atoms. The summed E-state index contributed by atoms with van der Waals surface area (Å²) in [7, 11) is 1.73. The Kier molecular flexibility index (Phi) is 12.3. The molecule has 0 saturated carbocycles. The monoisotopic (exact) mass is 494 g/mol. The number of guanidine groups is 1. The molecule has 1 saturated heterocycles. The Labute approximate surface area is 179 Å². The summed E-state index contributed by atoms with van der Waals surface area (Å²) in [5.41, 5.74) is 1.24. The van der Waals surface area contributed by atoms with Crippen molar-refractivity contribution >= 4 is 41.5 Å². The number of nitrogens with zero attached hydrogens (tertiary/aromatic N) is 2. The fourth-order valence-electron chi connectivity index (χ4n) is 3.14. The Morgan fingerprint density at radius 2 is 2.08 bits per heavy atom. The van der Waals surface area contributed by atoms with E-state index in [0.29, 0.717) is 0 Å². The Bertz CT molecular complexity index is 538. The van der Waals surface area contributed by atoms with Crippen molar-refractivity contribution in [1.82, 2.24) is 15.5 Å². The van der Waals surface area contributed by atoms with Crippen molar-refractivity contribution < 1.29 is 4.74 Å². The molecule has 0 radical (unpaired) electrons. The van der Waals surface area contributed by atoms with Crippen LogP contribution < -0.4 is 10.6 Å². The van der Waals surface area contributed by atoms with E-state index in [9.17, 15) is 0 Å². The molecular weight excluding hydrogens is 463 g/mol. The zero-order valence-corrected chi connectivity index (χ0v) is 18.9. The second-order valence-electron chi connectivity index (χ2n) is 6.31. The molecule has 1 aliphatic rings. The van der Waals surface area contributed by atoms with Gasteiger partial charge in [0.25, 0.3) is 0 Å². The van der Waals surface area contributed by atoms with E-state index in [2.05, 4.69) is 34.6 Å². The largest absolute Gasteiger partial charge is 0.385 e. The zero-order chi connectivity index (χ0) is 17.9. The van der Waals surface area contributed by atoms with Crippen LogP contribution in [0.5, 0.6) is 0 Å². The van der Waals surface area contributed by atoms with Gasteiger partial charge < -0.3 is 15.4 Å². The molecule has 2 rings (SSSR count). The molecule has 0 aromatic heterocycles. The first-order chi connectivity index (χ1) is 12.2. The van der Waals surface area contributed by atoms with Gasteiger partial charge in [0, 0.05) is 31.8 Å². The summed E-state index contributed by atoms with van der Waals surface area (Å²) in [4.78, 5) is 7.35. The van der Waals surface area contributed by atoms with Crippen LogP contribution in [0.1, 0.15) is 37.8 Å². The highest BCUT2D eigenvalue weighted by molar-refractivity contribution is 14.0. The van der Waals surface area contributed by atoms with Crippen LogP contribution in [0, 0.1) is 0 Å². The van der Waals surface area contributed by atoms with Gasteiger partial charge in [0.1, 0.15) is 0 Å². The van der Waals surface area contributed by atoms with E-state index in [1.54, 1.807) is 7.11 Å². The average Bonchev–Trinajstić information content (AvgIpc) is 3.13. The van der Waals surface area contributed by atoms with Gasteiger partial charge in [-0.25, -0.2) is 0 Å². The Balaban J connectivity index is 0.00000338. The van der Waals surface area contributed by atoms with Crippen LogP contribution in [0.25, 0.3) is 0 Å². The van der Waals surface area contributed by atoms with Crippen molar-refractivity contribution in [2.24, 2.45) is 4.99 Å². The summed E-state index contributed by atoms with van der Waals surface area (Å²) in [6.45, 7) is 7.52. The topological polar surface area (TPSA) is 48.9 Å². The van der Waals surface area contributed by atoms with Crippen molar-refractivity contribution in [2.75, 3.05) is 46.4 Å². The summed E-state index contributed by atoms with van der Waals surface area (Å²) in [5, 5.41) is 7.49. The van der Waals surface area contributed by atoms with Crippen LogP contribution in [-0.4, -0.2) is 57.3 Å². The van der Waals surface area contributed by atoms with Crippen molar-refractivity contribution in [3.63, 3.8) is 0 Å². The van der Waals surface area contributed by atoms with Gasteiger partial charge in [0.05, 0.1) is 12.6 Å². The van der Waals surface area contributed by atoms with Crippen molar-refractivity contribution in [1.29, 1.82) is 0 Å². The maximum atomic E-state index is 6.22. The number of likely N-dealkylation sites (tertiary alicyclic amines) is 1. The smallest absolute Gasteiger partial charge is 0.191 e. The van der Waals surface area contributed by atoms with Crippen LogP contribution in [-0.2, 0) is 4.74 Å². The second kappa shape index (κ2) is 13.6. The number of ether oxygens (including phenoxy) is 1. The lowest BCUT2D eigenvalue weighted by molar-refractivity contribution is 0.195. The number of rotatable bonds is 9. The van der Waals surface area contributed by atoms with Gasteiger partial charge in [-0.3, -0.25) is 9.89 Å². The van der Waals surface area contributed by atoms with E-state index in [-0.39, 0.29) is 30.0 Å². The molecule has 7 heteroatoms. The molecule has 1 aromatic carbocycles. The standard InChI is InChI=1S/C19H31ClN4O.HI/c1-3-21-19(22-10-7-13-25-2)23-15-18(24-11-4-5-12-24)16-8-6-9-17(20)14-16;/h6,8-9,14,18H,3-5,7,10-13,15H2,1-2H3,(H2,21,22,23);1H. The van der Waals surface area contributed by atoms with Crippen LogP contribution >= 0.6 is 35.6 Å². The quantitative estimate of drug-likeness (QED) is 0.238. The van der Waals surface area contributed by atoms with Crippen LogP contribution in [0.2, 0.25) is 5.02 Å². The number of aliphatic imine (C=N–C) groups is 1. The van der Waals surface area contributed by atoms with E-state index >= 15 is 0 Å². The van der Waals surface area contributed by atoms with Gasteiger partial charge in [-0.15, -0.1) is 24.0 Å². The first-order valence-electron chi connectivity index (χ1n) is 9.25. The molecule has 0 spiro atoms. The molecule has 1 aliphatic heterocycles. The zero-order valence-electron chi connectivity index (χ0n) is 15.8. The lowest BCUT2D eigenvalue weighted by atomic mass is 10.1. The predicted molar refractivity (Wildman–Crippen MR) is 121 cm³/mol. The highest BCUT2D eigenvalue weighted by Gasteiger charge is 2.23. The SMILES string of the molecule is CCNC(=NCC(c1cccc(Cl)c1)N1CCCC1)NCCCOC.I. The molecule has 1 aromatic rings. The highest BCUT2D eigenvalue weighted by atomic mass is 127. The molecular formula is C19H32ClIN4O. The Morgan fingerprint density at radius 3 is 2.73 bits per heavy atom. The number of benzene rings is 1. The van der Waals surface area contributed by atoms with Crippen LogP contribution in [0.15, 0.2) is 29.3 Å². The van der Waals surface area contributed by atoms with Gasteiger partial charge in [-0.05, 0) is 57.0 Å². The number of halogens is 2. The second-order valence-corrected chi connectivity index (χ2v) is 6.74. The molecule has 0 bridgehead atoms. The summed E-state index contributed by atoms with van der Waals surface area (Å²) in [6, 6.07) is 8.45. The molecule has 0 aliphatic carbocycles. The molecule has 2 N–H and O–H groups in total. The van der Waals surface area contributed by atoms with Gasteiger partial charge in [-0.2, -0.15) is 0 Å². The fraction of sp³-hybridized carbons (Fsp3) is 0.632. The Morgan fingerprint density at radius 1 is 1.31 bits per heavy atom. The van der Waals surface area contributed by atoms with Crippen molar-refractivity contribution in [2.45, 2.75) is 32.2 Å². The first kappa shape index (κ1) is 23.5. The molecule has 5 nitrogen and oxygen atoms in total. The number of hydrogen-bond donors (Lipinski definition) is 2. The third-order valence-corrected chi connectivity index (χ3v) is 4.63. The normalized spacial score (nSPS) is 16.2. The number of methoxy groups -OCH3 is 1. The molecule has 1 fully saturated rings. The number of nitrogens with one attached hydrogen (secondary N) is 2. The summed E-state index contributed by atoms with van der Waals surface area (Å²) < 4.78 is 5.10. The predicted octanol–water partition coefficient (Wildman–Crippen LogP) is 3.69. The third kappa shape index (κ3) is 7.98. The minimum Gasteiger partial charge on any atom is -0.385 e. The lowest BCUT2D eigenvalue weighted by Gasteiger charge is -2.27. The molecule has 1 heterocycles. The van der Waals surface area contributed by atoms with Gasteiger partial charge in [-0.1, -0.05) is 23.7 Å². The van der Waals surface area contributed by atoms with E-state index in [4.69, 9.17) is 21.3 Å². The maximum absolute atomic E-state index is 6.22. The first-order valence-corrected chi connectivity index (χ1v) is 9.63. The van der Waals surface area contributed by atoms with E-state index < -0.39 is 0 Å². The summed E-state index contributed by atoms with van der Waals surface area (Å²) in [5.74, 6) is 0.866. The highest BCUT2D eigenvalue weighted by Crippen LogP contribution is 2.27. The molecule has 148 valence electrons. The minimum absolute atomic E-state index is 0. The molecule has 0 amide bonds. The summed E-state index contributed by atoms with van der Waals surface area (Å²) in [6.07, 6.45) is 3.48. The Hall–Kier alpha value is -0.570. The van der Waals surface area contributed by atoms with Crippen LogP contribution in [0.4, 0.5) is 0 Å². The van der Waals surface area contributed by atoms with E-state index in [1.165, 1.54) is 18.4 Å². The van der Waals surface area contributed by atoms with Gasteiger partial charge in [0.2, 0.25) is 0 Å². The molecule has 1 unspecified atom stereocenters. The average molecular weight is 495 g/mol. The maximum Gasteiger partial charge on any atom is 0.191 e. The lowest BCUT2D eigenvalue weighted by Crippen LogP contribution is -2.39. The van der Waals surface area contributed by atoms with E-state index in [0.717, 1.165) is 56.7 Å².